The third kappa shape index (κ3) is 3.01. The molecule has 7 heteroatoms. The van der Waals surface area contributed by atoms with Gasteiger partial charge in [0.2, 0.25) is 0 Å². The molecule has 2 atom stereocenters. The van der Waals surface area contributed by atoms with Gasteiger partial charge >= 0.3 is 0 Å². The summed E-state index contributed by atoms with van der Waals surface area (Å²) >= 11 is 0. The molecule has 24 heavy (non-hydrogen) atoms. The molecule has 1 fully saturated rings. The van der Waals surface area contributed by atoms with E-state index in [1.165, 1.54) is 0 Å². The van der Waals surface area contributed by atoms with Crippen LogP contribution in [0.1, 0.15) is 29.6 Å². The first-order chi connectivity index (χ1) is 11.6. The second-order valence-electron chi connectivity index (χ2n) is 6.12. The number of benzene rings is 1. The van der Waals surface area contributed by atoms with Gasteiger partial charge < -0.3 is 9.47 Å². The van der Waals surface area contributed by atoms with Crippen molar-refractivity contribution in [2.45, 2.75) is 29.9 Å². The normalized spacial score (nSPS) is 23.0. The number of hydrogen-bond donors (Lipinski definition) is 0. The fourth-order valence-electron chi connectivity index (χ4n) is 3.09. The predicted octanol–water partition coefficient (Wildman–Crippen LogP) is 1.86. The molecule has 2 aliphatic heterocycles. The average Bonchev–Trinajstić information content (AvgIpc) is 3.24. The minimum atomic E-state index is -3.26. The van der Waals surface area contributed by atoms with Gasteiger partial charge in [-0.3, -0.25) is 0 Å². The van der Waals surface area contributed by atoms with E-state index >= 15 is 0 Å². The number of fused-ring (bicyclic) bond motifs is 1. The summed E-state index contributed by atoms with van der Waals surface area (Å²) in [7, 11) is -3.26. The van der Waals surface area contributed by atoms with Crippen LogP contribution in [0.25, 0.3) is 0 Å². The standard InChI is InChI=1S/C17H18N2O4S/c20-24(21,14-6-8-22-10-14)11-13-5-7-18-17(19-13)16-9-12-3-1-2-4-15(12)23-16/h1-5,7,14,16H,6,8-11H2. The second kappa shape index (κ2) is 6.14. The van der Waals surface area contributed by atoms with Crippen LogP contribution in [0.3, 0.4) is 0 Å². The first kappa shape index (κ1) is 15.5. The second-order valence-corrected chi connectivity index (χ2v) is 8.40. The molecule has 2 aromatic rings. The fraction of sp³-hybridized carbons (Fsp3) is 0.412. The monoisotopic (exact) mass is 346 g/mol. The zero-order chi connectivity index (χ0) is 16.6. The molecule has 0 saturated carbocycles. The van der Waals surface area contributed by atoms with Crippen LogP contribution in [0.5, 0.6) is 5.75 Å². The van der Waals surface area contributed by atoms with Gasteiger partial charge in [0.05, 0.1) is 23.3 Å². The largest absolute Gasteiger partial charge is 0.482 e. The summed E-state index contributed by atoms with van der Waals surface area (Å²) in [6.07, 6.45) is 2.59. The van der Waals surface area contributed by atoms with Crippen LogP contribution in [0.4, 0.5) is 0 Å². The summed E-state index contributed by atoms with van der Waals surface area (Å²) in [4.78, 5) is 8.71. The molecule has 126 valence electrons. The molecule has 3 heterocycles. The number of rotatable bonds is 4. The molecule has 0 spiro atoms. The number of sulfone groups is 1. The molecule has 0 aliphatic carbocycles. The molecule has 1 aromatic heterocycles. The summed E-state index contributed by atoms with van der Waals surface area (Å²) in [5.41, 5.74) is 1.62. The van der Waals surface area contributed by atoms with Crippen LogP contribution >= 0.6 is 0 Å². The van der Waals surface area contributed by atoms with E-state index in [1.54, 1.807) is 12.3 Å². The Balaban J connectivity index is 1.52. The third-order valence-electron chi connectivity index (χ3n) is 4.41. The molecule has 2 unspecified atom stereocenters. The zero-order valence-corrected chi connectivity index (χ0v) is 13.9. The van der Waals surface area contributed by atoms with Crippen molar-refractivity contribution in [2.24, 2.45) is 0 Å². The number of hydrogen-bond acceptors (Lipinski definition) is 6. The zero-order valence-electron chi connectivity index (χ0n) is 13.1. The van der Waals surface area contributed by atoms with E-state index in [0.717, 1.165) is 11.3 Å². The van der Waals surface area contributed by atoms with E-state index in [2.05, 4.69) is 9.97 Å². The van der Waals surface area contributed by atoms with Crippen molar-refractivity contribution in [2.75, 3.05) is 13.2 Å². The predicted molar refractivity (Wildman–Crippen MR) is 87.4 cm³/mol. The first-order valence-corrected chi connectivity index (χ1v) is 9.69. The van der Waals surface area contributed by atoms with E-state index < -0.39 is 15.1 Å². The number of ether oxygens (including phenoxy) is 2. The lowest BCUT2D eigenvalue weighted by molar-refractivity contribution is 0.198. The quantitative estimate of drug-likeness (QED) is 0.841. The van der Waals surface area contributed by atoms with Crippen molar-refractivity contribution in [3.8, 4) is 5.75 Å². The Kier molecular flexibility index (Phi) is 3.97. The SMILES string of the molecule is O=S(=O)(Cc1ccnc(C2Cc3ccccc3O2)n1)C1CCOC1. The van der Waals surface area contributed by atoms with Crippen molar-refractivity contribution in [3.63, 3.8) is 0 Å². The van der Waals surface area contributed by atoms with Crippen LogP contribution in [0.15, 0.2) is 36.5 Å². The molecule has 0 bridgehead atoms. The number of nitrogens with zero attached hydrogens (tertiary/aromatic N) is 2. The highest BCUT2D eigenvalue weighted by Crippen LogP contribution is 2.35. The van der Waals surface area contributed by atoms with Crippen molar-refractivity contribution in [1.82, 2.24) is 9.97 Å². The van der Waals surface area contributed by atoms with Gasteiger partial charge in [0.25, 0.3) is 0 Å². The van der Waals surface area contributed by atoms with E-state index in [0.29, 0.717) is 31.0 Å². The van der Waals surface area contributed by atoms with E-state index in [-0.39, 0.29) is 18.5 Å². The van der Waals surface area contributed by atoms with Crippen LogP contribution < -0.4 is 4.74 Å². The summed E-state index contributed by atoms with van der Waals surface area (Å²) < 4.78 is 36.0. The van der Waals surface area contributed by atoms with Gasteiger partial charge in [-0.05, 0) is 24.1 Å². The van der Waals surface area contributed by atoms with Gasteiger partial charge in [-0.1, -0.05) is 18.2 Å². The fourth-order valence-corrected chi connectivity index (χ4v) is 4.66. The Morgan fingerprint density at radius 1 is 1.21 bits per heavy atom. The molecule has 0 N–H and O–H groups in total. The minimum Gasteiger partial charge on any atom is -0.482 e. The van der Waals surface area contributed by atoms with Crippen LogP contribution in [-0.2, 0) is 26.7 Å². The minimum absolute atomic E-state index is 0.0871. The van der Waals surface area contributed by atoms with Crippen LogP contribution in [0, 0.1) is 0 Å². The highest BCUT2D eigenvalue weighted by atomic mass is 32.2. The molecule has 4 rings (SSSR count). The van der Waals surface area contributed by atoms with Gasteiger partial charge in [-0.15, -0.1) is 0 Å². The molecule has 0 radical (unpaired) electrons. The summed E-state index contributed by atoms with van der Waals surface area (Å²) in [5, 5.41) is -0.428. The maximum atomic E-state index is 12.4. The molecule has 1 saturated heterocycles. The smallest absolute Gasteiger partial charge is 0.169 e. The number of para-hydroxylation sites is 1. The number of aromatic nitrogens is 2. The Morgan fingerprint density at radius 2 is 2.08 bits per heavy atom. The van der Waals surface area contributed by atoms with Gasteiger partial charge in [0, 0.05) is 19.2 Å². The van der Waals surface area contributed by atoms with Gasteiger partial charge in [-0.25, -0.2) is 18.4 Å². The van der Waals surface area contributed by atoms with Crippen LogP contribution in [-0.4, -0.2) is 36.8 Å². The lowest BCUT2D eigenvalue weighted by Crippen LogP contribution is -2.23. The molecule has 0 amide bonds. The van der Waals surface area contributed by atoms with Crippen molar-refractivity contribution >= 4 is 9.84 Å². The Morgan fingerprint density at radius 3 is 2.88 bits per heavy atom. The van der Waals surface area contributed by atoms with E-state index in [4.69, 9.17) is 9.47 Å². The average molecular weight is 346 g/mol. The molecular weight excluding hydrogens is 328 g/mol. The third-order valence-corrected chi connectivity index (χ3v) is 6.50. The van der Waals surface area contributed by atoms with E-state index in [9.17, 15) is 8.42 Å². The Hall–Kier alpha value is -1.99. The van der Waals surface area contributed by atoms with Gasteiger partial charge in [-0.2, -0.15) is 0 Å². The maximum Gasteiger partial charge on any atom is 0.169 e. The van der Waals surface area contributed by atoms with E-state index in [1.807, 2.05) is 24.3 Å². The summed E-state index contributed by atoms with van der Waals surface area (Å²) in [5.74, 6) is 1.28. The molecular formula is C17H18N2O4S. The van der Waals surface area contributed by atoms with Gasteiger partial charge in [0.1, 0.15) is 5.75 Å². The molecule has 1 aromatic carbocycles. The highest BCUT2D eigenvalue weighted by Gasteiger charge is 2.31. The lowest BCUT2D eigenvalue weighted by Gasteiger charge is -2.12. The molecule has 2 aliphatic rings. The summed E-state index contributed by atoms with van der Waals surface area (Å²) in [6.45, 7) is 0.786. The first-order valence-electron chi connectivity index (χ1n) is 7.97. The van der Waals surface area contributed by atoms with Gasteiger partial charge in [0.15, 0.2) is 21.8 Å². The lowest BCUT2D eigenvalue weighted by atomic mass is 10.1. The van der Waals surface area contributed by atoms with Crippen LogP contribution in [0.2, 0.25) is 0 Å². The Bertz CT molecular complexity index is 822. The maximum absolute atomic E-state index is 12.4. The van der Waals surface area contributed by atoms with Crippen molar-refractivity contribution in [3.05, 3.63) is 53.6 Å². The van der Waals surface area contributed by atoms with Crippen molar-refractivity contribution < 1.29 is 17.9 Å². The summed E-state index contributed by atoms with van der Waals surface area (Å²) in [6, 6.07) is 9.49. The topological polar surface area (TPSA) is 78.4 Å². The highest BCUT2D eigenvalue weighted by molar-refractivity contribution is 7.91. The van der Waals surface area contributed by atoms with Crippen molar-refractivity contribution in [1.29, 1.82) is 0 Å². The molecule has 6 nitrogen and oxygen atoms in total. The Labute approximate surface area is 140 Å².